The number of halogens is 1. The molecule has 0 saturated carbocycles. The van der Waals surface area contributed by atoms with Gasteiger partial charge in [-0.05, 0) is 40.8 Å². The van der Waals surface area contributed by atoms with E-state index in [0.717, 1.165) is 11.1 Å². The van der Waals surface area contributed by atoms with Gasteiger partial charge in [0.15, 0.2) is 0 Å². The van der Waals surface area contributed by atoms with Crippen LogP contribution in [0.5, 0.6) is 0 Å². The van der Waals surface area contributed by atoms with E-state index in [9.17, 15) is 9.59 Å². The summed E-state index contributed by atoms with van der Waals surface area (Å²) in [6.45, 7) is 10.0. The van der Waals surface area contributed by atoms with Crippen LogP contribution in [-0.4, -0.2) is 11.8 Å². The zero-order chi connectivity index (χ0) is 21.6. The zero-order valence-corrected chi connectivity index (χ0v) is 18.4. The van der Waals surface area contributed by atoms with E-state index in [-0.39, 0.29) is 17.5 Å². The summed E-state index contributed by atoms with van der Waals surface area (Å²) in [6, 6.07) is 15.2. The van der Waals surface area contributed by atoms with Crippen LogP contribution in [0, 0.1) is 5.41 Å². The minimum atomic E-state index is -0.614. The number of nitrogens with one attached hydrogen (secondary N) is 2. The second kappa shape index (κ2) is 9.75. The molecular weight excluding hydrogens is 384 g/mol. The molecule has 2 aromatic rings. The molecule has 5 heteroatoms. The predicted molar refractivity (Wildman–Crippen MR) is 119 cm³/mol. The van der Waals surface area contributed by atoms with Crippen LogP contribution in [0.25, 0.3) is 6.08 Å². The first-order valence-electron chi connectivity index (χ1n) is 9.72. The van der Waals surface area contributed by atoms with Gasteiger partial charge < -0.3 is 10.6 Å². The monoisotopic (exact) mass is 412 g/mol. The largest absolute Gasteiger partial charge is 0.347 e. The average Bonchev–Trinajstić information content (AvgIpc) is 2.66. The number of hydrogen-bond acceptors (Lipinski definition) is 2. The van der Waals surface area contributed by atoms with E-state index in [1.165, 1.54) is 5.56 Å². The third-order valence-electron chi connectivity index (χ3n) is 4.45. The van der Waals surface area contributed by atoms with Crippen LogP contribution in [0.3, 0.4) is 0 Å². The third-order valence-corrected chi connectivity index (χ3v) is 4.71. The summed E-state index contributed by atoms with van der Waals surface area (Å²) in [6.07, 6.45) is 1.70. The van der Waals surface area contributed by atoms with Crippen molar-refractivity contribution in [3.63, 3.8) is 0 Å². The maximum atomic E-state index is 12.8. The van der Waals surface area contributed by atoms with Crippen LogP contribution in [0.4, 0.5) is 0 Å². The van der Waals surface area contributed by atoms with Gasteiger partial charge in [0.25, 0.3) is 5.91 Å². The molecule has 0 aliphatic heterocycles. The van der Waals surface area contributed by atoms with Crippen LogP contribution >= 0.6 is 11.6 Å². The lowest BCUT2D eigenvalue weighted by Gasteiger charge is -2.19. The van der Waals surface area contributed by atoms with Gasteiger partial charge in [0, 0.05) is 17.0 Å². The quantitative estimate of drug-likeness (QED) is 0.634. The third kappa shape index (κ3) is 7.06. The molecule has 0 bridgehead atoms. The lowest BCUT2D eigenvalue weighted by Crippen LogP contribution is -2.39. The van der Waals surface area contributed by atoms with Crippen LogP contribution < -0.4 is 10.6 Å². The van der Waals surface area contributed by atoms with Crippen molar-refractivity contribution in [2.45, 2.75) is 47.1 Å². The van der Waals surface area contributed by atoms with Gasteiger partial charge >= 0.3 is 0 Å². The maximum Gasteiger partial charge on any atom is 0.268 e. The SMILES string of the molecule is CC(C)c1ccc(/C=C(\NC(=O)C(C)(C)C)C(=O)NCc2ccc(Cl)cc2)cc1. The molecule has 154 valence electrons. The molecule has 0 radical (unpaired) electrons. The van der Waals surface area contributed by atoms with Gasteiger partial charge in [0.1, 0.15) is 5.70 Å². The summed E-state index contributed by atoms with van der Waals surface area (Å²) >= 11 is 5.90. The van der Waals surface area contributed by atoms with E-state index in [1.807, 2.05) is 57.2 Å². The van der Waals surface area contributed by atoms with E-state index < -0.39 is 5.41 Å². The molecule has 0 saturated heterocycles. The van der Waals surface area contributed by atoms with E-state index >= 15 is 0 Å². The first-order valence-corrected chi connectivity index (χ1v) is 10.1. The van der Waals surface area contributed by atoms with Crippen LogP contribution in [-0.2, 0) is 16.1 Å². The fraction of sp³-hybridized carbons (Fsp3) is 0.333. The molecule has 4 nitrogen and oxygen atoms in total. The Morgan fingerprint density at radius 2 is 1.59 bits per heavy atom. The molecule has 2 rings (SSSR count). The standard InChI is InChI=1S/C24H29ClN2O2/c1-16(2)19-10-6-17(7-11-19)14-21(27-23(29)24(3,4)5)22(28)26-15-18-8-12-20(25)13-9-18/h6-14,16H,15H2,1-5H3,(H,26,28)(H,27,29)/b21-14-. The summed E-state index contributed by atoms with van der Waals surface area (Å²) < 4.78 is 0. The molecule has 0 aliphatic rings. The highest BCUT2D eigenvalue weighted by Crippen LogP contribution is 2.18. The van der Waals surface area contributed by atoms with E-state index in [0.29, 0.717) is 17.5 Å². The molecule has 0 fully saturated rings. The Balaban J connectivity index is 2.22. The van der Waals surface area contributed by atoms with Crippen LogP contribution in [0.1, 0.15) is 57.2 Å². The first kappa shape index (κ1) is 22.7. The number of amides is 2. The second-order valence-corrected chi connectivity index (χ2v) is 8.83. The van der Waals surface area contributed by atoms with Crippen LogP contribution in [0.2, 0.25) is 5.02 Å². The molecule has 0 aliphatic carbocycles. The summed E-state index contributed by atoms with van der Waals surface area (Å²) in [5.41, 5.74) is 2.59. The fourth-order valence-electron chi connectivity index (χ4n) is 2.49. The summed E-state index contributed by atoms with van der Waals surface area (Å²) in [4.78, 5) is 25.3. The van der Waals surface area contributed by atoms with Crippen molar-refractivity contribution >= 4 is 29.5 Å². The molecular formula is C24H29ClN2O2. The Bertz CT molecular complexity index is 877. The maximum absolute atomic E-state index is 12.8. The minimum Gasteiger partial charge on any atom is -0.347 e. The van der Waals surface area contributed by atoms with Crippen molar-refractivity contribution in [1.82, 2.24) is 10.6 Å². The van der Waals surface area contributed by atoms with Crippen molar-refractivity contribution in [2.24, 2.45) is 5.41 Å². The predicted octanol–water partition coefficient (Wildman–Crippen LogP) is 5.28. The Hall–Kier alpha value is -2.59. The van der Waals surface area contributed by atoms with Gasteiger partial charge in [-0.25, -0.2) is 0 Å². The number of benzene rings is 2. The van der Waals surface area contributed by atoms with Gasteiger partial charge in [0.2, 0.25) is 5.91 Å². The van der Waals surface area contributed by atoms with E-state index in [2.05, 4.69) is 24.5 Å². The number of carbonyl (C=O) groups is 2. The summed E-state index contributed by atoms with van der Waals surface area (Å²) in [7, 11) is 0. The number of carbonyl (C=O) groups excluding carboxylic acids is 2. The molecule has 29 heavy (non-hydrogen) atoms. The molecule has 2 N–H and O–H groups in total. The van der Waals surface area contributed by atoms with Gasteiger partial charge in [-0.15, -0.1) is 0 Å². The van der Waals surface area contributed by atoms with Gasteiger partial charge in [0.05, 0.1) is 0 Å². The Kier molecular flexibility index (Phi) is 7.63. The second-order valence-electron chi connectivity index (χ2n) is 8.39. The van der Waals surface area contributed by atoms with Crippen molar-refractivity contribution in [3.8, 4) is 0 Å². The first-order chi connectivity index (χ1) is 13.6. The van der Waals surface area contributed by atoms with Crippen molar-refractivity contribution < 1.29 is 9.59 Å². The molecule has 2 aromatic carbocycles. The van der Waals surface area contributed by atoms with Crippen molar-refractivity contribution in [2.75, 3.05) is 0 Å². The van der Waals surface area contributed by atoms with Gasteiger partial charge in [-0.2, -0.15) is 0 Å². The highest BCUT2D eigenvalue weighted by atomic mass is 35.5. The number of hydrogen-bond donors (Lipinski definition) is 2. The molecule has 0 aromatic heterocycles. The summed E-state index contributed by atoms with van der Waals surface area (Å²) in [5, 5.41) is 6.28. The molecule has 0 spiro atoms. The molecule has 0 atom stereocenters. The van der Waals surface area contributed by atoms with E-state index in [4.69, 9.17) is 11.6 Å². The lowest BCUT2D eigenvalue weighted by molar-refractivity contribution is -0.129. The van der Waals surface area contributed by atoms with E-state index in [1.54, 1.807) is 18.2 Å². The van der Waals surface area contributed by atoms with Crippen LogP contribution in [0.15, 0.2) is 54.2 Å². The topological polar surface area (TPSA) is 58.2 Å². The smallest absolute Gasteiger partial charge is 0.268 e. The Labute approximate surface area is 178 Å². The normalized spacial score (nSPS) is 12.0. The van der Waals surface area contributed by atoms with Gasteiger partial charge in [-0.3, -0.25) is 9.59 Å². The molecule has 0 heterocycles. The van der Waals surface area contributed by atoms with Gasteiger partial charge in [-0.1, -0.05) is 82.6 Å². The highest BCUT2D eigenvalue weighted by molar-refractivity contribution is 6.30. The molecule has 2 amide bonds. The molecule has 0 unspecified atom stereocenters. The van der Waals surface area contributed by atoms with Crippen molar-refractivity contribution in [1.29, 1.82) is 0 Å². The lowest BCUT2D eigenvalue weighted by atomic mass is 9.95. The average molecular weight is 413 g/mol. The Morgan fingerprint density at radius 1 is 1.00 bits per heavy atom. The Morgan fingerprint density at radius 3 is 2.10 bits per heavy atom. The zero-order valence-electron chi connectivity index (χ0n) is 17.7. The fourth-order valence-corrected chi connectivity index (χ4v) is 2.62. The minimum absolute atomic E-state index is 0.218. The highest BCUT2D eigenvalue weighted by Gasteiger charge is 2.24. The number of rotatable bonds is 6. The summed E-state index contributed by atoms with van der Waals surface area (Å²) in [5.74, 6) is -0.134. The van der Waals surface area contributed by atoms with Crippen molar-refractivity contribution in [3.05, 3.63) is 75.9 Å².